The van der Waals surface area contributed by atoms with Gasteiger partial charge >= 0.3 is 0 Å². The van der Waals surface area contributed by atoms with Gasteiger partial charge in [-0.3, -0.25) is 0 Å². The van der Waals surface area contributed by atoms with E-state index >= 15 is 0 Å². The molecule has 1 aromatic rings. The molecule has 0 radical (unpaired) electrons. The molecule has 6 heteroatoms. The molecule has 2 aliphatic heterocycles. The van der Waals surface area contributed by atoms with Crippen LogP contribution in [-0.2, 0) is 16.8 Å². The maximum atomic E-state index is 6.28. The van der Waals surface area contributed by atoms with E-state index in [9.17, 15) is 0 Å². The fourth-order valence-electron chi connectivity index (χ4n) is 3.54. The highest BCUT2D eigenvalue weighted by molar-refractivity contribution is 7.16. The molecule has 3 rings (SSSR count). The van der Waals surface area contributed by atoms with E-state index in [-0.39, 0.29) is 11.6 Å². The van der Waals surface area contributed by atoms with Crippen LogP contribution in [0.1, 0.15) is 30.2 Å². The third-order valence-corrected chi connectivity index (χ3v) is 5.80. The van der Waals surface area contributed by atoms with Crippen molar-refractivity contribution in [2.24, 2.45) is 5.73 Å². The number of thiophene rings is 1. The van der Waals surface area contributed by atoms with Crippen molar-refractivity contribution >= 4 is 22.9 Å². The molecule has 1 aromatic heterocycles. The number of halogens is 1. The molecule has 116 valence electrons. The molecule has 0 aliphatic carbocycles. The SMILES string of the molecule is CN/C=C(\N)C1CC2(CC(C)N1)OCCc1cc(Cl)sc12. The van der Waals surface area contributed by atoms with Crippen LogP contribution in [0.2, 0.25) is 4.34 Å². The molecule has 4 nitrogen and oxygen atoms in total. The van der Waals surface area contributed by atoms with E-state index in [1.807, 2.05) is 13.2 Å². The molecule has 3 atom stereocenters. The Bertz CT molecular complexity index is 559. The van der Waals surface area contributed by atoms with Crippen molar-refractivity contribution in [3.05, 3.63) is 32.7 Å². The van der Waals surface area contributed by atoms with Gasteiger partial charge in [-0.25, -0.2) is 0 Å². The highest BCUT2D eigenvalue weighted by Crippen LogP contribution is 2.48. The van der Waals surface area contributed by atoms with E-state index < -0.39 is 0 Å². The third kappa shape index (κ3) is 2.80. The zero-order valence-electron chi connectivity index (χ0n) is 12.4. The molecule has 0 saturated carbocycles. The van der Waals surface area contributed by atoms with Crippen LogP contribution in [0.25, 0.3) is 0 Å². The Hall–Kier alpha value is -0.750. The molecule has 21 heavy (non-hydrogen) atoms. The Morgan fingerprint density at radius 1 is 1.62 bits per heavy atom. The van der Waals surface area contributed by atoms with Crippen molar-refractivity contribution in [1.82, 2.24) is 10.6 Å². The van der Waals surface area contributed by atoms with E-state index in [1.165, 1.54) is 10.4 Å². The topological polar surface area (TPSA) is 59.3 Å². The lowest BCUT2D eigenvalue weighted by molar-refractivity contribution is -0.0919. The lowest BCUT2D eigenvalue weighted by Gasteiger charge is -2.46. The van der Waals surface area contributed by atoms with Gasteiger partial charge in [0, 0.05) is 36.3 Å². The fourth-order valence-corrected chi connectivity index (χ4v) is 5.00. The highest BCUT2D eigenvalue weighted by Gasteiger charge is 2.46. The molecule has 1 spiro atoms. The second kappa shape index (κ2) is 5.80. The third-order valence-electron chi connectivity index (χ3n) is 4.31. The summed E-state index contributed by atoms with van der Waals surface area (Å²) in [5, 5.41) is 6.58. The van der Waals surface area contributed by atoms with E-state index in [0.29, 0.717) is 6.04 Å². The Morgan fingerprint density at radius 3 is 3.19 bits per heavy atom. The minimum absolute atomic E-state index is 0.119. The first-order chi connectivity index (χ1) is 10.0. The zero-order valence-corrected chi connectivity index (χ0v) is 14.0. The molecule has 3 unspecified atom stereocenters. The Morgan fingerprint density at radius 2 is 2.43 bits per heavy atom. The molecule has 1 saturated heterocycles. The number of nitrogens with one attached hydrogen (secondary N) is 2. The standard InChI is InChI=1S/C15H22ClN3OS/c1-9-6-15(7-12(19-9)11(17)8-18-2)14-10(3-4-20-15)5-13(16)21-14/h5,8-9,12,18-19H,3-4,6-7,17H2,1-2H3/b11-8-. The van der Waals surface area contributed by atoms with E-state index in [2.05, 4.69) is 23.6 Å². The molecular weight excluding hydrogens is 306 g/mol. The number of hydrogen-bond acceptors (Lipinski definition) is 5. The van der Waals surface area contributed by atoms with Gasteiger partial charge in [-0.15, -0.1) is 11.3 Å². The average Bonchev–Trinajstić information content (AvgIpc) is 2.81. The largest absolute Gasteiger partial charge is 0.400 e. The van der Waals surface area contributed by atoms with Gasteiger partial charge in [0.15, 0.2) is 0 Å². The lowest BCUT2D eigenvalue weighted by atomic mass is 9.79. The first-order valence-electron chi connectivity index (χ1n) is 7.35. The van der Waals surface area contributed by atoms with Gasteiger partial charge in [0.1, 0.15) is 5.60 Å². The second-order valence-corrected chi connectivity index (χ2v) is 7.64. The monoisotopic (exact) mass is 327 g/mol. The summed E-state index contributed by atoms with van der Waals surface area (Å²) in [5.41, 5.74) is 8.12. The molecule has 3 heterocycles. The van der Waals surface area contributed by atoms with Crippen molar-refractivity contribution < 1.29 is 4.74 Å². The van der Waals surface area contributed by atoms with Crippen LogP contribution in [0, 0.1) is 0 Å². The van der Waals surface area contributed by atoms with Crippen molar-refractivity contribution in [3.63, 3.8) is 0 Å². The van der Waals surface area contributed by atoms with Gasteiger partial charge in [0.05, 0.1) is 17.0 Å². The van der Waals surface area contributed by atoms with Crippen LogP contribution in [0.4, 0.5) is 0 Å². The van der Waals surface area contributed by atoms with Crippen LogP contribution >= 0.6 is 22.9 Å². The summed E-state index contributed by atoms with van der Waals surface area (Å²) in [6.45, 7) is 2.95. The summed E-state index contributed by atoms with van der Waals surface area (Å²) in [7, 11) is 1.86. The summed E-state index contributed by atoms with van der Waals surface area (Å²) >= 11 is 7.90. The van der Waals surface area contributed by atoms with Crippen molar-refractivity contribution in [1.29, 1.82) is 0 Å². The molecule has 2 aliphatic rings. The van der Waals surface area contributed by atoms with Gasteiger partial charge in [-0.05, 0) is 31.4 Å². The van der Waals surface area contributed by atoms with Gasteiger partial charge in [-0.1, -0.05) is 11.6 Å². The smallest absolute Gasteiger partial charge is 0.106 e. The van der Waals surface area contributed by atoms with Gasteiger partial charge < -0.3 is 21.1 Å². The Labute approximate surface area is 134 Å². The normalized spacial score (nSPS) is 33.0. The predicted octanol–water partition coefficient (Wildman–Crippen LogP) is 2.33. The minimum Gasteiger partial charge on any atom is -0.400 e. The van der Waals surface area contributed by atoms with Gasteiger partial charge in [-0.2, -0.15) is 0 Å². The van der Waals surface area contributed by atoms with Gasteiger partial charge in [0.2, 0.25) is 0 Å². The van der Waals surface area contributed by atoms with Crippen molar-refractivity contribution in [2.75, 3.05) is 13.7 Å². The Balaban J connectivity index is 1.95. The average molecular weight is 328 g/mol. The second-order valence-electron chi connectivity index (χ2n) is 5.96. The van der Waals surface area contributed by atoms with Crippen molar-refractivity contribution in [3.8, 4) is 0 Å². The van der Waals surface area contributed by atoms with E-state index in [1.54, 1.807) is 11.3 Å². The number of nitrogens with two attached hydrogens (primary N) is 1. The van der Waals surface area contributed by atoms with Crippen LogP contribution in [-0.4, -0.2) is 25.7 Å². The van der Waals surface area contributed by atoms with E-state index in [0.717, 1.165) is 35.9 Å². The molecule has 0 aromatic carbocycles. The van der Waals surface area contributed by atoms with Gasteiger partial charge in [0.25, 0.3) is 0 Å². The maximum absolute atomic E-state index is 6.28. The van der Waals surface area contributed by atoms with E-state index in [4.69, 9.17) is 22.1 Å². The number of hydrogen-bond donors (Lipinski definition) is 3. The van der Waals surface area contributed by atoms with Crippen LogP contribution in [0.15, 0.2) is 18.0 Å². The summed E-state index contributed by atoms with van der Waals surface area (Å²) in [6.07, 6.45) is 4.62. The number of fused-ring (bicyclic) bond motifs is 2. The molecule has 0 amide bonds. The minimum atomic E-state index is -0.243. The zero-order chi connectivity index (χ0) is 15.0. The van der Waals surface area contributed by atoms with Crippen LogP contribution in [0.3, 0.4) is 0 Å². The molecular formula is C15H22ClN3OS. The van der Waals surface area contributed by atoms with Crippen LogP contribution in [0.5, 0.6) is 0 Å². The first kappa shape index (κ1) is 15.2. The Kier molecular flexibility index (Phi) is 4.19. The quantitative estimate of drug-likeness (QED) is 0.780. The number of piperidine rings is 1. The maximum Gasteiger partial charge on any atom is 0.106 e. The van der Waals surface area contributed by atoms with Crippen molar-refractivity contribution in [2.45, 2.75) is 43.9 Å². The first-order valence-corrected chi connectivity index (χ1v) is 8.55. The molecule has 0 bridgehead atoms. The fraction of sp³-hybridized carbons (Fsp3) is 0.600. The molecule has 4 N–H and O–H groups in total. The number of ether oxygens (including phenoxy) is 1. The number of rotatable bonds is 2. The summed E-state index contributed by atoms with van der Waals surface area (Å²) in [6, 6.07) is 2.56. The molecule has 1 fully saturated rings. The highest BCUT2D eigenvalue weighted by atomic mass is 35.5. The lowest BCUT2D eigenvalue weighted by Crippen LogP contribution is -2.54. The summed E-state index contributed by atoms with van der Waals surface area (Å²) < 4.78 is 7.14. The summed E-state index contributed by atoms with van der Waals surface area (Å²) in [4.78, 5) is 1.30. The summed E-state index contributed by atoms with van der Waals surface area (Å²) in [5.74, 6) is 0. The van der Waals surface area contributed by atoms with Crippen LogP contribution < -0.4 is 16.4 Å². The predicted molar refractivity (Wildman–Crippen MR) is 87.6 cm³/mol.